The number of amides is 2. The van der Waals surface area contributed by atoms with Crippen LogP contribution in [0.4, 0.5) is 5.69 Å². The third-order valence-corrected chi connectivity index (χ3v) is 5.02. The van der Waals surface area contributed by atoms with E-state index in [0.29, 0.717) is 18.9 Å². The number of carbonyl (C=O) groups excluding carboxylic acids is 2. The predicted molar refractivity (Wildman–Crippen MR) is 114 cm³/mol. The van der Waals surface area contributed by atoms with Gasteiger partial charge in [-0.2, -0.15) is 0 Å². The van der Waals surface area contributed by atoms with E-state index in [1.54, 1.807) is 11.1 Å². The quantitative estimate of drug-likeness (QED) is 0.686. The van der Waals surface area contributed by atoms with Crippen molar-refractivity contribution in [1.29, 1.82) is 0 Å². The molecule has 30 heavy (non-hydrogen) atoms. The molecule has 0 fully saturated rings. The lowest BCUT2D eigenvalue weighted by Gasteiger charge is -2.29. The third kappa shape index (κ3) is 4.49. The lowest BCUT2D eigenvalue weighted by molar-refractivity contribution is -0.125. The lowest BCUT2D eigenvalue weighted by Crippen LogP contribution is -2.38. The van der Waals surface area contributed by atoms with Gasteiger partial charge in [0.2, 0.25) is 11.8 Å². The van der Waals surface area contributed by atoms with Crippen molar-refractivity contribution in [2.45, 2.75) is 18.9 Å². The van der Waals surface area contributed by atoms with Gasteiger partial charge < -0.3 is 15.0 Å². The van der Waals surface area contributed by atoms with E-state index in [2.05, 4.69) is 10.3 Å². The van der Waals surface area contributed by atoms with E-state index in [9.17, 15) is 9.59 Å². The standard InChI is InChI=1S/C24H23N3O3/c28-22(13-14-23(29)27-16-17-30-21-12-5-4-11-20(21)27)26-24(18-8-2-1-3-9-18)19-10-6-7-15-25-19/h1-12,15,24H,13-14,16-17H2,(H,26,28). The van der Waals surface area contributed by atoms with Gasteiger partial charge in [-0.1, -0.05) is 48.5 Å². The molecule has 0 radical (unpaired) electrons. The Labute approximate surface area is 175 Å². The van der Waals surface area contributed by atoms with Gasteiger partial charge >= 0.3 is 0 Å². The Kier molecular flexibility index (Phi) is 6.03. The smallest absolute Gasteiger partial charge is 0.227 e. The van der Waals surface area contributed by atoms with E-state index < -0.39 is 0 Å². The Bertz CT molecular complexity index is 969. The molecule has 0 saturated heterocycles. The van der Waals surface area contributed by atoms with Crippen LogP contribution in [0.25, 0.3) is 0 Å². The summed E-state index contributed by atoms with van der Waals surface area (Å²) in [6, 6.07) is 22.4. The average molecular weight is 401 g/mol. The molecule has 1 aliphatic heterocycles. The molecule has 0 bridgehead atoms. The molecule has 4 rings (SSSR count). The second-order valence-corrected chi connectivity index (χ2v) is 7.03. The first-order valence-electron chi connectivity index (χ1n) is 10.00. The van der Waals surface area contributed by atoms with Gasteiger partial charge in [0.15, 0.2) is 0 Å². The molecule has 3 aromatic rings. The van der Waals surface area contributed by atoms with Crippen LogP contribution in [0.5, 0.6) is 5.75 Å². The van der Waals surface area contributed by atoms with E-state index in [-0.39, 0.29) is 30.7 Å². The largest absolute Gasteiger partial charge is 0.490 e. The van der Waals surface area contributed by atoms with Crippen LogP contribution in [-0.4, -0.2) is 29.9 Å². The van der Waals surface area contributed by atoms with Crippen LogP contribution in [0.1, 0.15) is 30.1 Å². The maximum Gasteiger partial charge on any atom is 0.227 e. The fourth-order valence-electron chi connectivity index (χ4n) is 3.54. The van der Waals surface area contributed by atoms with Gasteiger partial charge in [-0.15, -0.1) is 0 Å². The van der Waals surface area contributed by atoms with Gasteiger partial charge in [-0.05, 0) is 29.8 Å². The Hall–Kier alpha value is -3.67. The van der Waals surface area contributed by atoms with Crippen molar-refractivity contribution in [1.82, 2.24) is 10.3 Å². The summed E-state index contributed by atoms with van der Waals surface area (Å²) in [7, 11) is 0. The SMILES string of the molecule is O=C(CCC(=O)N1CCOc2ccccc21)NC(c1ccccc1)c1ccccn1. The summed E-state index contributed by atoms with van der Waals surface area (Å²) in [6.07, 6.45) is 1.94. The molecule has 2 amide bonds. The average Bonchev–Trinajstić information content (AvgIpc) is 2.81. The number of hydrogen-bond donors (Lipinski definition) is 1. The summed E-state index contributed by atoms with van der Waals surface area (Å²) >= 11 is 0. The second kappa shape index (κ2) is 9.22. The number of fused-ring (bicyclic) bond motifs is 1. The van der Waals surface area contributed by atoms with Crippen LogP contribution < -0.4 is 15.0 Å². The fraction of sp³-hybridized carbons (Fsp3) is 0.208. The number of hydrogen-bond acceptors (Lipinski definition) is 4. The number of benzene rings is 2. The molecule has 2 heterocycles. The maximum absolute atomic E-state index is 12.8. The van der Waals surface area contributed by atoms with Gasteiger partial charge in [-0.25, -0.2) is 0 Å². The van der Waals surface area contributed by atoms with Crippen LogP contribution >= 0.6 is 0 Å². The van der Waals surface area contributed by atoms with Crippen molar-refractivity contribution in [3.05, 3.63) is 90.3 Å². The number of nitrogens with one attached hydrogen (secondary N) is 1. The predicted octanol–water partition coefficient (Wildman–Crippen LogP) is 3.49. The molecular weight excluding hydrogens is 378 g/mol. The first kappa shape index (κ1) is 19.6. The molecule has 1 aliphatic rings. The van der Waals surface area contributed by atoms with Crippen molar-refractivity contribution in [2.75, 3.05) is 18.1 Å². The van der Waals surface area contributed by atoms with Crippen molar-refractivity contribution in [2.24, 2.45) is 0 Å². The molecule has 0 saturated carbocycles. The minimum atomic E-state index is -0.362. The highest BCUT2D eigenvalue weighted by molar-refractivity contribution is 5.97. The van der Waals surface area contributed by atoms with Gasteiger partial charge in [0, 0.05) is 19.0 Å². The summed E-state index contributed by atoms with van der Waals surface area (Å²) in [5.41, 5.74) is 2.45. The number of pyridine rings is 1. The minimum absolute atomic E-state index is 0.0880. The van der Waals surface area contributed by atoms with E-state index >= 15 is 0 Å². The lowest BCUT2D eigenvalue weighted by atomic mass is 10.0. The molecule has 0 spiro atoms. The van der Waals surface area contributed by atoms with Crippen LogP contribution in [0, 0.1) is 0 Å². The summed E-state index contributed by atoms with van der Waals surface area (Å²) in [4.78, 5) is 31.6. The maximum atomic E-state index is 12.8. The number of carbonyl (C=O) groups is 2. The third-order valence-electron chi connectivity index (χ3n) is 5.02. The molecule has 152 valence electrons. The van der Waals surface area contributed by atoms with Crippen molar-refractivity contribution in [3.63, 3.8) is 0 Å². The monoisotopic (exact) mass is 401 g/mol. The zero-order chi connectivity index (χ0) is 20.8. The molecule has 1 atom stereocenters. The van der Waals surface area contributed by atoms with Crippen LogP contribution in [0.15, 0.2) is 79.0 Å². The Morgan fingerprint density at radius 1 is 0.967 bits per heavy atom. The number of aromatic nitrogens is 1. The summed E-state index contributed by atoms with van der Waals surface area (Å²) in [5, 5.41) is 3.03. The number of nitrogens with zero attached hydrogens (tertiary/aromatic N) is 2. The minimum Gasteiger partial charge on any atom is -0.490 e. The van der Waals surface area contributed by atoms with Crippen LogP contribution in [0.3, 0.4) is 0 Å². The summed E-state index contributed by atoms with van der Waals surface area (Å²) in [5.74, 6) is 0.417. The zero-order valence-electron chi connectivity index (χ0n) is 16.5. The van der Waals surface area contributed by atoms with E-state index in [1.165, 1.54) is 0 Å². The highest BCUT2D eigenvalue weighted by Gasteiger charge is 2.24. The highest BCUT2D eigenvalue weighted by Crippen LogP contribution is 2.31. The van der Waals surface area contributed by atoms with Crippen molar-refractivity contribution in [3.8, 4) is 5.75 Å². The number of anilines is 1. The van der Waals surface area contributed by atoms with Gasteiger partial charge in [-0.3, -0.25) is 14.6 Å². The molecular formula is C24H23N3O3. The van der Waals surface area contributed by atoms with Crippen molar-refractivity contribution < 1.29 is 14.3 Å². The number of para-hydroxylation sites is 2. The number of ether oxygens (including phenoxy) is 1. The molecule has 6 nitrogen and oxygen atoms in total. The van der Waals surface area contributed by atoms with Gasteiger partial charge in [0.05, 0.1) is 24.0 Å². The van der Waals surface area contributed by atoms with Crippen LogP contribution in [0.2, 0.25) is 0 Å². The molecule has 1 aromatic heterocycles. The van der Waals surface area contributed by atoms with Crippen LogP contribution in [-0.2, 0) is 9.59 Å². The van der Waals surface area contributed by atoms with E-state index in [4.69, 9.17) is 4.74 Å². The topological polar surface area (TPSA) is 71.5 Å². The summed E-state index contributed by atoms with van der Waals surface area (Å²) in [6.45, 7) is 0.933. The zero-order valence-corrected chi connectivity index (χ0v) is 16.5. The first-order valence-corrected chi connectivity index (χ1v) is 10.00. The molecule has 1 unspecified atom stereocenters. The van der Waals surface area contributed by atoms with Gasteiger partial charge in [0.25, 0.3) is 0 Å². The first-order chi connectivity index (χ1) is 14.7. The molecule has 0 aliphatic carbocycles. The second-order valence-electron chi connectivity index (χ2n) is 7.03. The molecule has 6 heteroatoms. The Morgan fingerprint density at radius 3 is 2.53 bits per heavy atom. The summed E-state index contributed by atoms with van der Waals surface area (Å²) < 4.78 is 5.60. The normalized spacial score (nSPS) is 13.7. The van der Waals surface area contributed by atoms with Crippen molar-refractivity contribution >= 4 is 17.5 Å². The van der Waals surface area contributed by atoms with E-state index in [0.717, 1.165) is 16.9 Å². The fourth-order valence-corrected chi connectivity index (χ4v) is 3.54. The molecule has 1 N–H and O–H groups in total. The highest BCUT2D eigenvalue weighted by atomic mass is 16.5. The van der Waals surface area contributed by atoms with Gasteiger partial charge in [0.1, 0.15) is 12.4 Å². The van der Waals surface area contributed by atoms with E-state index in [1.807, 2.05) is 72.8 Å². The number of rotatable bonds is 6. The Morgan fingerprint density at radius 2 is 1.73 bits per heavy atom. The Balaban J connectivity index is 1.42. The molecule has 2 aromatic carbocycles.